The van der Waals surface area contributed by atoms with Crippen LogP contribution in [-0.2, 0) is 0 Å². The summed E-state index contributed by atoms with van der Waals surface area (Å²) in [5, 5.41) is 2.96. The van der Waals surface area contributed by atoms with Gasteiger partial charge in [-0.2, -0.15) is 0 Å². The van der Waals surface area contributed by atoms with Crippen LogP contribution < -0.4 is 14.8 Å². The molecule has 4 nitrogen and oxygen atoms in total. The number of nitrogens with one attached hydrogen (secondary N) is 1. The quantitative estimate of drug-likeness (QED) is 0.891. The first-order chi connectivity index (χ1) is 10.1. The smallest absolute Gasteiger partial charge is 0.256 e. The predicted molar refractivity (Wildman–Crippen MR) is 84.1 cm³/mol. The third-order valence-electron chi connectivity index (χ3n) is 3.43. The summed E-state index contributed by atoms with van der Waals surface area (Å²) in [5.41, 5.74) is 3.41. The maximum Gasteiger partial charge on any atom is 0.256 e. The van der Waals surface area contributed by atoms with E-state index in [4.69, 9.17) is 9.47 Å². The van der Waals surface area contributed by atoms with Crippen LogP contribution in [0, 0.1) is 13.8 Å². The second kappa shape index (κ2) is 5.41. The van der Waals surface area contributed by atoms with Gasteiger partial charge < -0.3 is 14.8 Å². The van der Waals surface area contributed by atoms with E-state index >= 15 is 0 Å². The molecule has 1 N–H and O–H groups in total. The lowest BCUT2D eigenvalue weighted by atomic mass is 10.1. The summed E-state index contributed by atoms with van der Waals surface area (Å²) in [6.45, 7) is 4.12. The molecule has 0 bridgehead atoms. The molecule has 0 saturated heterocycles. The van der Waals surface area contributed by atoms with Crippen LogP contribution >= 0.6 is 15.9 Å². The van der Waals surface area contributed by atoms with Crippen molar-refractivity contribution in [1.29, 1.82) is 0 Å². The van der Waals surface area contributed by atoms with E-state index in [2.05, 4.69) is 21.2 Å². The number of fused-ring (bicyclic) bond motifs is 1. The Morgan fingerprint density at radius 3 is 2.43 bits per heavy atom. The van der Waals surface area contributed by atoms with Crippen molar-refractivity contribution >= 4 is 27.5 Å². The molecule has 0 unspecified atom stereocenters. The van der Waals surface area contributed by atoms with Crippen molar-refractivity contribution in [3.05, 3.63) is 51.5 Å². The second-order valence-corrected chi connectivity index (χ2v) is 5.76. The Morgan fingerprint density at radius 1 is 1.14 bits per heavy atom. The van der Waals surface area contributed by atoms with Gasteiger partial charge in [0, 0.05) is 10.2 Å². The van der Waals surface area contributed by atoms with E-state index in [0.29, 0.717) is 21.5 Å². The summed E-state index contributed by atoms with van der Waals surface area (Å²) in [6, 6.07) is 9.35. The molecule has 5 heteroatoms. The Bertz CT molecular complexity index is 707. The van der Waals surface area contributed by atoms with E-state index in [0.717, 1.165) is 16.8 Å². The summed E-state index contributed by atoms with van der Waals surface area (Å²) >= 11 is 3.40. The molecule has 0 aromatic heterocycles. The summed E-state index contributed by atoms with van der Waals surface area (Å²) < 4.78 is 11.3. The molecule has 1 amide bonds. The Kier molecular flexibility index (Phi) is 3.59. The number of carbonyl (C=O) groups excluding carboxylic acids is 1. The molecule has 0 fully saturated rings. The van der Waals surface area contributed by atoms with Gasteiger partial charge in [0.25, 0.3) is 5.91 Å². The average molecular weight is 348 g/mol. The molecule has 3 rings (SSSR count). The van der Waals surface area contributed by atoms with Gasteiger partial charge in [-0.15, -0.1) is 0 Å². The van der Waals surface area contributed by atoms with E-state index in [9.17, 15) is 4.79 Å². The molecule has 0 saturated carbocycles. The molecule has 0 aliphatic carbocycles. The highest BCUT2D eigenvalue weighted by molar-refractivity contribution is 9.10. The fraction of sp³-hybridized carbons (Fsp3) is 0.188. The Labute approximate surface area is 131 Å². The van der Waals surface area contributed by atoms with Gasteiger partial charge in [0.1, 0.15) is 0 Å². The maximum absolute atomic E-state index is 12.5. The van der Waals surface area contributed by atoms with Crippen LogP contribution in [0.2, 0.25) is 0 Å². The molecule has 108 valence electrons. The number of rotatable bonds is 2. The fourth-order valence-corrected chi connectivity index (χ4v) is 2.79. The Balaban J connectivity index is 1.93. The number of aryl methyl sites for hydroxylation is 2. The lowest BCUT2D eigenvalue weighted by molar-refractivity contribution is 0.102. The van der Waals surface area contributed by atoms with Crippen molar-refractivity contribution in [2.45, 2.75) is 13.8 Å². The van der Waals surface area contributed by atoms with Gasteiger partial charge in [0.2, 0.25) is 6.79 Å². The van der Waals surface area contributed by atoms with Gasteiger partial charge in [-0.1, -0.05) is 18.2 Å². The fourth-order valence-electron chi connectivity index (χ4n) is 2.28. The summed E-state index contributed by atoms with van der Waals surface area (Å²) in [5.74, 6) is 1.05. The monoisotopic (exact) mass is 347 g/mol. The van der Waals surface area contributed by atoms with Crippen molar-refractivity contribution in [1.82, 2.24) is 0 Å². The van der Waals surface area contributed by atoms with Crippen LogP contribution in [0.25, 0.3) is 0 Å². The third-order valence-corrected chi connectivity index (χ3v) is 4.08. The van der Waals surface area contributed by atoms with Crippen molar-refractivity contribution in [3.8, 4) is 11.5 Å². The summed E-state index contributed by atoms with van der Waals surface area (Å²) in [7, 11) is 0. The largest absolute Gasteiger partial charge is 0.454 e. The van der Waals surface area contributed by atoms with Crippen LogP contribution in [-0.4, -0.2) is 12.7 Å². The highest BCUT2D eigenvalue weighted by atomic mass is 79.9. The average Bonchev–Trinajstić information content (AvgIpc) is 2.89. The molecule has 1 aliphatic rings. The number of amides is 1. The molecular formula is C16H14BrNO3. The zero-order valence-corrected chi connectivity index (χ0v) is 13.3. The minimum Gasteiger partial charge on any atom is -0.454 e. The van der Waals surface area contributed by atoms with Crippen LogP contribution in [0.1, 0.15) is 21.5 Å². The zero-order chi connectivity index (χ0) is 15.0. The van der Waals surface area contributed by atoms with E-state index in [1.54, 1.807) is 12.1 Å². The summed E-state index contributed by atoms with van der Waals surface area (Å²) in [6.07, 6.45) is 0. The molecule has 0 spiro atoms. The van der Waals surface area contributed by atoms with E-state index in [1.807, 2.05) is 32.0 Å². The van der Waals surface area contributed by atoms with Gasteiger partial charge >= 0.3 is 0 Å². The van der Waals surface area contributed by atoms with Gasteiger partial charge in [-0.25, -0.2) is 0 Å². The Morgan fingerprint density at radius 2 is 1.76 bits per heavy atom. The van der Waals surface area contributed by atoms with Crippen molar-refractivity contribution in [3.63, 3.8) is 0 Å². The molecule has 2 aromatic carbocycles. The molecule has 0 radical (unpaired) electrons. The van der Waals surface area contributed by atoms with Crippen LogP contribution in [0.5, 0.6) is 11.5 Å². The second-order valence-electron chi connectivity index (χ2n) is 4.91. The highest BCUT2D eigenvalue weighted by Gasteiger charge is 2.20. The molecule has 1 heterocycles. The normalized spacial score (nSPS) is 12.3. The van der Waals surface area contributed by atoms with Crippen molar-refractivity contribution in [2.24, 2.45) is 0 Å². The zero-order valence-electron chi connectivity index (χ0n) is 11.7. The Hall–Kier alpha value is -2.01. The molecular weight excluding hydrogens is 334 g/mol. The number of para-hydroxylation sites is 1. The first-order valence-corrected chi connectivity index (χ1v) is 7.32. The van der Waals surface area contributed by atoms with E-state index < -0.39 is 0 Å². The highest BCUT2D eigenvalue weighted by Crippen LogP contribution is 2.37. The van der Waals surface area contributed by atoms with Crippen LogP contribution in [0.15, 0.2) is 34.8 Å². The lowest BCUT2D eigenvalue weighted by Gasteiger charge is -2.12. The van der Waals surface area contributed by atoms with Crippen LogP contribution in [0.4, 0.5) is 5.69 Å². The SMILES string of the molecule is Cc1cccc(C)c1NC(=O)c1cc2c(cc1Br)OCO2. The van der Waals surface area contributed by atoms with Gasteiger partial charge in [0.05, 0.1) is 5.56 Å². The van der Waals surface area contributed by atoms with Crippen molar-refractivity contribution in [2.75, 3.05) is 12.1 Å². The van der Waals surface area contributed by atoms with E-state index in [1.165, 1.54) is 0 Å². The number of ether oxygens (including phenoxy) is 2. The van der Waals surface area contributed by atoms with Gasteiger partial charge in [0.15, 0.2) is 11.5 Å². The van der Waals surface area contributed by atoms with Gasteiger partial charge in [-0.3, -0.25) is 4.79 Å². The first kappa shape index (κ1) is 13.9. The number of benzene rings is 2. The van der Waals surface area contributed by atoms with E-state index in [-0.39, 0.29) is 12.7 Å². The first-order valence-electron chi connectivity index (χ1n) is 6.53. The summed E-state index contributed by atoms with van der Waals surface area (Å²) in [4.78, 5) is 12.5. The number of hydrogen-bond acceptors (Lipinski definition) is 3. The minimum absolute atomic E-state index is 0.183. The molecule has 2 aromatic rings. The number of hydrogen-bond donors (Lipinski definition) is 1. The molecule has 1 aliphatic heterocycles. The maximum atomic E-state index is 12.5. The number of anilines is 1. The van der Waals surface area contributed by atoms with Crippen LogP contribution in [0.3, 0.4) is 0 Å². The molecule has 0 atom stereocenters. The number of carbonyl (C=O) groups is 1. The topological polar surface area (TPSA) is 47.6 Å². The van der Waals surface area contributed by atoms with Crippen molar-refractivity contribution < 1.29 is 14.3 Å². The molecule has 21 heavy (non-hydrogen) atoms. The standard InChI is InChI=1S/C16H14BrNO3/c1-9-4-3-5-10(2)15(9)18-16(19)11-6-13-14(7-12(11)17)21-8-20-13/h3-7H,8H2,1-2H3,(H,18,19). The number of halogens is 1. The van der Waals surface area contributed by atoms with Gasteiger partial charge in [-0.05, 0) is 53.0 Å². The predicted octanol–water partition coefficient (Wildman–Crippen LogP) is 4.05. The minimum atomic E-state index is -0.183. The lowest BCUT2D eigenvalue weighted by Crippen LogP contribution is -2.14. The third kappa shape index (κ3) is 2.61.